The number of carbonyl (C=O) groups is 1. The van der Waals surface area contributed by atoms with E-state index < -0.39 is 0 Å². The molecule has 0 radical (unpaired) electrons. The monoisotopic (exact) mass is 288 g/mol. The Hall–Kier alpha value is -2.37. The minimum atomic E-state index is -0.294. The lowest BCUT2D eigenvalue weighted by molar-refractivity contribution is 0.0941. The summed E-state index contributed by atoms with van der Waals surface area (Å²) in [6, 6.07) is 7.51. The first-order chi connectivity index (χ1) is 9.90. The normalized spacial score (nSPS) is 11.2. The van der Waals surface area contributed by atoms with Gasteiger partial charge in [-0.05, 0) is 17.7 Å². The van der Waals surface area contributed by atoms with Crippen LogP contribution in [0.4, 0.5) is 0 Å². The highest BCUT2D eigenvalue weighted by molar-refractivity contribution is 5.90. The molecule has 112 valence electrons. The van der Waals surface area contributed by atoms with Gasteiger partial charge in [0.05, 0.1) is 7.11 Å². The predicted molar refractivity (Wildman–Crippen MR) is 79.2 cm³/mol. The number of hydrogen-bond donors (Lipinski definition) is 2. The van der Waals surface area contributed by atoms with E-state index in [1.807, 2.05) is 45.0 Å². The number of nitrogens with zero attached hydrogens (tertiary/aromatic N) is 2. The molecule has 6 nitrogen and oxygen atoms in total. The number of benzene rings is 1. The van der Waals surface area contributed by atoms with E-state index in [1.54, 1.807) is 7.11 Å². The number of amides is 1. The average Bonchev–Trinajstić information content (AvgIpc) is 2.95. The molecule has 1 aromatic heterocycles. The molecule has 0 atom stereocenters. The van der Waals surface area contributed by atoms with Gasteiger partial charge in [0.1, 0.15) is 11.6 Å². The quantitative estimate of drug-likeness (QED) is 0.902. The molecule has 0 saturated carbocycles. The van der Waals surface area contributed by atoms with Crippen molar-refractivity contribution in [2.24, 2.45) is 0 Å². The predicted octanol–water partition coefficient (Wildman–Crippen LogP) is 2.04. The first-order valence-corrected chi connectivity index (χ1v) is 6.74. The molecule has 21 heavy (non-hydrogen) atoms. The highest BCUT2D eigenvalue weighted by atomic mass is 16.5. The van der Waals surface area contributed by atoms with Crippen LogP contribution in [-0.4, -0.2) is 28.2 Å². The van der Waals surface area contributed by atoms with Crippen LogP contribution in [0.2, 0.25) is 0 Å². The van der Waals surface area contributed by atoms with E-state index in [-0.39, 0.29) is 17.1 Å². The van der Waals surface area contributed by atoms with Crippen LogP contribution in [0.1, 0.15) is 42.8 Å². The molecule has 2 N–H and O–H groups in total. The zero-order chi connectivity index (χ0) is 15.5. The van der Waals surface area contributed by atoms with Crippen LogP contribution in [-0.2, 0) is 12.0 Å². The molecule has 0 unspecified atom stereocenters. The molecule has 1 heterocycles. The van der Waals surface area contributed by atoms with Crippen molar-refractivity contribution in [1.29, 1.82) is 0 Å². The maximum absolute atomic E-state index is 12.0. The van der Waals surface area contributed by atoms with E-state index in [1.165, 1.54) is 0 Å². The van der Waals surface area contributed by atoms with Gasteiger partial charge >= 0.3 is 0 Å². The van der Waals surface area contributed by atoms with Gasteiger partial charge in [-0.25, -0.2) is 4.98 Å². The first kappa shape index (κ1) is 15.0. The van der Waals surface area contributed by atoms with E-state index >= 15 is 0 Å². The van der Waals surface area contributed by atoms with Gasteiger partial charge in [-0.15, -0.1) is 5.10 Å². The van der Waals surface area contributed by atoms with Gasteiger partial charge in [0, 0.05) is 12.0 Å². The smallest absolute Gasteiger partial charge is 0.291 e. The minimum absolute atomic E-state index is 0.161. The number of aromatic nitrogens is 3. The fourth-order valence-corrected chi connectivity index (χ4v) is 1.70. The number of aromatic amines is 1. The summed E-state index contributed by atoms with van der Waals surface area (Å²) in [4.78, 5) is 16.2. The number of methoxy groups -OCH3 is 1. The van der Waals surface area contributed by atoms with Crippen LogP contribution in [0.15, 0.2) is 24.3 Å². The van der Waals surface area contributed by atoms with Crippen LogP contribution in [0.5, 0.6) is 5.75 Å². The third-order valence-electron chi connectivity index (χ3n) is 3.01. The molecule has 0 bridgehead atoms. The lowest BCUT2D eigenvalue weighted by Gasteiger charge is -2.12. The lowest BCUT2D eigenvalue weighted by Crippen LogP contribution is -2.24. The third-order valence-corrected chi connectivity index (χ3v) is 3.01. The van der Waals surface area contributed by atoms with Crippen LogP contribution < -0.4 is 10.1 Å². The molecule has 2 rings (SSSR count). The fraction of sp³-hybridized carbons (Fsp3) is 0.400. The van der Waals surface area contributed by atoms with E-state index in [9.17, 15) is 4.79 Å². The highest BCUT2D eigenvalue weighted by Crippen LogP contribution is 2.17. The van der Waals surface area contributed by atoms with E-state index in [2.05, 4.69) is 20.5 Å². The maximum Gasteiger partial charge on any atom is 0.291 e. The molecule has 0 aliphatic heterocycles. The Kier molecular flexibility index (Phi) is 4.26. The SMILES string of the molecule is COc1ccc(CNC(=O)c2n[nH]c(C(C)(C)C)n2)cc1. The molecule has 0 saturated heterocycles. The summed E-state index contributed by atoms with van der Waals surface area (Å²) in [7, 11) is 1.62. The number of ether oxygens (including phenoxy) is 1. The van der Waals surface area contributed by atoms with E-state index in [4.69, 9.17) is 4.74 Å². The molecule has 0 aliphatic carbocycles. The summed E-state index contributed by atoms with van der Waals surface area (Å²) in [6.45, 7) is 6.44. The summed E-state index contributed by atoms with van der Waals surface area (Å²) >= 11 is 0. The van der Waals surface area contributed by atoms with Crippen molar-refractivity contribution in [3.8, 4) is 5.75 Å². The largest absolute Gasteiger partial charge is 0.497 e. The average molecular weight is 288 g/mol. The highest BCUT2D eigenvalue weighted by Gasteiger charge is 2.21. The van der Waals surface area contributed by atoms with Crippen molar-refractivity contribution in [3.05, 3.63) is 41.5 Å². The van der Waals surface area contributed by atoms with Crippen LogP contribution >= 0.6 is 0 Å². The summed E-state index contributed by atoms with van der Waals surface area (Å²) in [5.74, 6) is 1.34. The zero-order valence-electron chi connectivity index (χ0n) is 12.7. The molecule has 0 fully saturated rings. The van der Waals surface area contributed by atoms with E-state index in [0.717, 1.165) is 11.3 Å². The Morgan fingerprint density at radius 3 is 2.48 bits per heavy atom. The van der Waals surface area contributed by atoms with Crippen molar-refractivity contribution < 1.29 is 9.53 Å². The lowest BCUT2D eigenvalue weighted by atomic mass is 9.96. The van der Waals surface area contributed by atoms with Crippen molar-refractivity contribution >= 4 is 5.91 Å². The summed E-state index contributed by atoms with van der Waals surface area (Å²) < 4.78 is 5.09. The number of nitrogens with one attached hydrogen (secondary N) is 2. The molecule has 0 aliphatic rings. The Balaban J connectivity index is 1.96. The van der Waals surface area contributed by atoms with Crippen molar-refractivity contribution in [2.45, 2.75) is 32.7 Å². The van der Waals surface area contributed by atoms with Crippen molar-refractivity contribution in [2.75, 3.05) is 7.11 Å². The first-order valence-electron chi connectivity index (χ1n) is 6.74. The Bertz CT molecular complexity index is 611. The van der Waals surface area contributed by atoms with Crippen LogP contribution in [0, 0.1) is 0 Å². The van der Waals surface area contributed by atoms with Gasteiger partial charge in [0.25, 0.3) is 5.91 Å². The Morgan fingerprint density at radius 2 is 1.95 bits per heavy atom. The van der Waals surface area contributed by atoms with Crippen LogP contribution in [0.25, 0.3) is 0 Å². The Labute approximate surface area is 123 Å². The number of hydrogen-bond acceptors (Lipinski definition) is 4. The minimum Gasteiger partial charge on any atom is -0.497 e. The fourth-order valence-electron chi connectivity index (χ4n) is 1.70. The molecule has 2 aromatic rings. The van der Waals surface area contributed by atoms with Gasteiger partial charge in [0.15, 0.2) is 0 Å². The molecule has 6 heteroatoms. The maximum atomic E-state index is 12.0. The van der Waals surface area contributed by atoms with Gasteiger partial charge in [0.2, 0.25) is 5.82 Å². The number of rotatable bonds is 4. The second-order valence-corrected chi connectivity index (χ2v) is 5.79. The van der Waals surface area contributed by atoms with Crippen LogP contribution in [0.3, 0.4) is 0 Å². The van der Waals surface area contributed by atoms with Gasteiger partial charge in [-0.1, -0.05) is 32.9 Å². The van der Waals surface area contributed by atoms with Gasteiger partial charge in [-0.2, -0.15) is 0 Å². The third kappa shape index (κ3) is 3.81. The van der Waals surface area contributed by atoms with Crippen molar-refractivity contribution in [1.82, 2.24) is 20.5 Å². The second-order valence-electron chi connectivity index (χ2n) is 5.79. The molecule has 1 aromatic carbocycles. The summed E-state index contributed by atoms with van der Waals surface area (Å²) in [6.07, 6.45) is 0. The van der Waals surface area contributed by atoms with Gasteiger partial charge < -0.3 is 10.1 Å². The second kappa shape index (κ2) is 5.95. The standard InChI is InChI=1S/C15H20N4O2/c1-15(2,3)14-17-12(18-19-14)13(20)16-9-10-5-7-11(21-4)8-6-10/h5-8H,9H2,1-4H3,(H,16,20)(H,17,18,19). The Morgan fingerprint density at radius 1 is 1.29 bits per heavy atom. The zero-order valence-corrected chi connectivity index (χ0v) is 12.7. The molecule has 0 spiro atoms. The molecular weight excluding hydrogens is 268 g/mol. The topological polar surface area (TPSA) is 79.9 Å². The summed E-state index contributed by atoms with van der Waals surface area (Å²) in [5, 5.41) is 9.55. The number of carbonyl (C=O) groups excluding carboxylic acids is 1. The number of H-pyrrole nitrogens is 1. The molecule has 1 amide bonds. The molecular formula is C15H20N4O2. The van der Waals surface area contributed by atoms with Crippen molar-refractivity contribution in [3.63, 3.8) is 0 Å². The summed E-state index contributed by atoms with van der Waals surface area (Å²) in [5.41, 5.74) is 0.817. The van der Waals surface area contributed by atoms with Gasteiger partial charge in [-0.3, -0.25) is 9.89 Å². The van der Waals surface area contributed by atoms with E-state index in [0.29, 0.717) is 12.4 Å².